The summed E-state index contributed by atoms with van der Waals surface area (Å²) in [6, 6.07) is -1.95. The number of guanidine groups is 1. The van der Waals surface area contributed by atoms with Crippen LogP contribution in [0.4, 0.5) is 0 Å². The molecule has 0 aliphatic carbocycles. The molecule has 8 rings (SSSR count). The number of H-pyrrole nitrogens is 3. The monoisotopic (exact) mass is 1730 g/mol. The van der Waals surface area contributed by atoms with Crippen LogP contribution in [0.1, 0.15) is 152 Å². The van der Waals surface area contributed by atoms with E-state index >= 15 is 24.0 Å². The number of imidazole rings is 2. The van der Waals surface area contributed by atoms with Gasteiger partial charge in [0.15, 0.2) is 5.96 Å². The summed E-state index contributed by atoms with van der Waals surface area (Å²) in [4.78, 5) is 259. The molecule has 124 heavy (non-hydrogen) atoms. The van der Waals surface area contributed by atoms with Crippen LogP contribution in [0.5, 0.6) is 0 Å². The number of unbranched alkanes of at least 4 members (excludes halogenated alkanes) is 2. The summed E-state index contributed by atoms with van der Waals surface area (Å²) in [6.45, 7) is 1.44. The first-order valence-corrected chi connectivity index (χ1v) is 41.5. The third-order valence-electron chi connectivity index (χ3n) is 21.5. The molecule has 3 saturated heterocycles. The Morgan fingerprint density at radius 3 is 1.78 bits per heavy atom. The number of nitrogens with two attached hydrogens (primary N) is 2. The second kappa shape index (κ2) is 48.3. The zero-order valence-corrected chi connectivity index (χ0v) is 69.2. The van der Waals surface area contributed by atoms with Crippen LogP contribution in [0.2, 0.25) is 0 Å². The number of amides is 14. The molecule has 14 amide bonds. The Kier molecular flexibility index (Phi) is 37.4. The minimum absolute atomic E-state index is 0.0280. The van der Waals surface area contributed by atoms with Crippen molar-refractivity contribution in [1.82, 2.24) is 103 Å². The molecule has 23 N–H and O–H groups in total. The van der Waals surface area contributed by atoms with Crippen LogP contribution in [0.3, 0.4) is 0 Å². The van der Waals surface area contributed by atoms with E-state index in [2.05, 4.69) is 88.7 Å². The van der Waals surface area contributed by atoms with Crippen molar-refractivity contribution < 1.29 is 96.8 Å². The highest BCUT2D eigenvalue weighted by atomic mass is 16.4. The first-order chi connectivity index (χ1) is 59.3. The van der Waals surface area contributed by atoms with Crippen LogP contribution in [-0.2, 0) is 107 Å². The van der Waals surface area contributed by atoms with Gasteiger partial charge in [-0.3, -0.25) is 91.8 Å². The molecule has 0 spiro atoms. The van der Waals surface area contributed by atoms with Gasteiger partial charge in [-0.25, -0.2) is 9.97 Å². The van der Waals surface area contributed by atoms with Gasteiger partial charge in [-0.05, 0) is 114 Å². The number of carbonyl (C=O) groups excluding carboxylic acids is 14. The van der Waals surface area contributed by atoms with Crippen LogP contribution in [0, 0.1) is 5.41 Å². The number of fused-ring (bicyclic) bond motifs is 1. The van der Waals surface area contributed by atoms with Crippen molar-refractivity contribution in [3.05, 3.63) is 108 Å². The van der Waals surface area contributed by atoms with Crippen molar-refractivity contribution in [3.63, 3.8) is 0 Å². The topological polar surface area (TPSA) is 654 Å². The number of benzene rings is 2. The lowest BCUT2D eigenvalue weighted by Gasteiger charge is -2.34. The van der Waals surface area contributed by atoms with Crippen molar-refractivity contribution in [2.75, 3.05) is 45.8 Å². The predicted octanol–water partition coefficient (Wildman–Crippen LogP) is -3.13. The number of likely N-dealkylation sites (tertiary alicyclic amines) is 2. The Balaban J connectivity index is 1.08. The van der Waals surface area contributed by atoms with E-state index < -0.39 is 205 Å². The summed E-state index contributed by atoms with van der Waals surface area (Å²) in [7, 11) is 0. The van der Waals surface area contributed by atoms with E-state index in [4.69, 9.17) is 16.9 Å². The third kappa shape index (κ3) is 30.3. The molecule has 3 aliphatic heterocycles. The van der Waals surface area contributed by atoms with Crippen molar-refractivity contribution >= 4 is 117 Å². The quantitative estimate of drug-likeness (QED) is 0.0105. The lowest BCUT2D eigenvalue weighted by atomic mass is 10.0. The highest BCUT2D eigenvalue weighted by Gasteiger charge is 2.46. The summed E-state index contributed by atoms with van der Waals surface area (Å²) in [5.74, 6) is -16.4. The van der Waals surface area contributed by atoms with Crippen molar-refractivity contribution in [2.45, 2.75) is 228 Å². The van der Waals surface area contributed by atoms with E-state index in [-0.39, 0.29) is 154 Å². The van der Waals surface area contributed by atoms with E-state index in [0.717, 1.165) is 11.8 Å². The van der Waals surface area contributed by atoms with Gasteiger partial charge in [0.25, 0.3) is 0 Å². The summed E-state index contributed by atoms with van der Waals surface area (Å²) < 4.78 is 0. The van der Waals surface area contributed by atoms with E-state index in [9.17, 15) is 72.9 Å². The smallest absolute Gasteiger partial charge is 0.317 e. The number of aromatic nitrogens is 5. The first kappa shape index (κ1) is 96.1. The molecule has 5 aromatic rings. The number of hydrogen-bond acceptors (Lipinski definition) is 21. The van der Waals surface area contributed by atoms with Gasteiger partial charge >= 0.3 is 17.9 Å². The highest BCUT2D eigenvalue weighted by Crippen LogP contribution is 2.28. The van der Waals surface area contributed by atoms with Crippen molar-refractivity contribution in [1.29, 1.82) is 5.41 Å². The number of para-hydroxylation sites is 1. The number of aliphatic carboxylic acids is 3. The number of carbonyl (C=O) groups is 17. The fraction of sp³-hybridized carbons (Fsp3) is 0.531. The average Bonchev–Trinajstić information content (AvgIpc) is 1.64. The summed E-state index contributed by atoms with van der Waals surface area (Å²) in [5.41, 5.74) is 13.7. The van der Waals surface area contributed by atoms with Gasteiger partial charge in [0.1, 0.15) is 72.5 Å². The lowest BCUT2D eigenvalue weighted by molar-refractivity contribution is -0.148. The molecular formula is C81H113N23O20. The van der Waals surface area contributed by atoms with Crippen molar-refractivity contribution in [2.24, 2.45) is 11.5 Å². The van der Waals surface area contributed by atoms with Crippen LogP contribution in [0.15, 0.2) is 85.8 Å². The maximum Gasteiger partial charge on any atom is 0.317 e. The lowest BCUT2D eigenvalue weighted by Crippen LogP contribution is -2.61. The number of hydrogen-bond donors (Lipinski definition) is 21. The fourth-order valence-corrected chi connectivity index (χ4v) is 15.1. The molecule has 0 radical (unpaired) electrons. The highest BCUT2D eigenvalue weighted by molar-refractivity contribution is 6.01. The summed E-state index contributed by atoms with van der Waals surface area (Å²) >= 11 is 0. The molecule has 0 bridgehead atoms. The van der Waals surface area contributed by atoms with Gasteiger partial charge in [-0.2, -0.15) is 0 Å². The number of primary amides is 1. The van der Waals surface area contributed by atoms with E-state index in [1.807, 2.05) is 6.92 Å². The SMILES string of the molecule is CCCCC(NC(=O)C(CCCCN(CC(=O)O)CC(=O)O)NC(=O)C(CCC(=O)O)NC(=O)C(Cc1cnc[nH]1)NC(=O)C1CCCN1C(=O)C1CCCN1C(=O)C1CCCNC(=O)CCC(NC(C)=O)C(=O)NC(Cc2cnc[nH]2)C(=O)NC(Cc2ccccc2)C(=O)NC(CCCNC(=N)N)C(=O)NC(Cc2c[nH]c3ccccc23)C(=O)N1)C(N)=O. The molecule has 2 aromatic carbocycles. The molecule has 12 unspecified atom stereocenters. The Morgan fingerprint density at radius 1 is 0.581 bits per heavy atom. The van der Waals surface area contributed by atoms with Gasteiger partial charge in [0.05, 0.1) is 25.7 Å². The summed E-state index contributed by atoms with van der Waals surface area (Å²) in [6.07, 6.45) is 5.42. The van der Waals surface area contributed by atoms with Crippen LogP contribution >= 0.6 is 0 Å². The molecular weight excluding hydrogens is 1620 g/mol. The molecule has 672 valence electrons. The Labute approximate surface area is 713 Å². The molecule has 0 saturated carbocycles. The van der Waals surface area contributed by atoms with E-state index in [0.29, 0.717) is 40.6 Å². The summed E-state index contributed by atoms with van der Waals surface area (Å²) in [5, 5.41) is 69.4. The van der Waals surface area contributed by atoms with Gasteiger partial charge in [-0.1, -0.05) is 68.3 Å². The van der Waals surface area contributed by atoms with Gasteiger partial charge < -0.3 is 115 Å². The molecule has 3 fully saturated rings. The minimum Gasteiger partial charge on any atom is -0.481 e. The number of aromatic amines is 3. The Bertz CT molecular complexity index is 4530. The van der Waals surface area contributed by atoms with Crippen LogP contribution < -0.4 is 75.3 Å². The number of nitrogens with zero attached hydrogens (tertiary/aromatic N) is 5. The maximum absolute atomic E-state index is 15.7. The first-order valence-electron chi connectivity index (χ1n) is 41.5. The van der Waals surface area contributed by atoms with Gasteiger partial charge in [0, 0.05) is 113 Å². The number of carboxylic acid groups (broad SMARTS) is 3. The van der Waals surface area contributed by atoms with E-state index in [1.165, 1.54) is 34.8 Å². The van der Waals surface area contributed by atoms with Crippen molar-refractivity contribution in [3.8, 4) is 0 Å². The molecule has 12 atom stereocenters. The normalized spacial score (nSPS) is 20.5. The zero-order valence-electron chi connectivity index (χ0n) is 69.2. The average molecular weight is 1730 g/mol. The molecule has 6 heterocycles. The van der Waals surface area contributed by atoms with E-state index in [1.54, 1.807) is 60.8 Å². The third-order valence-corrected chi connectivity index (χ3v) is 21.5. The van der Waals surface area contributed by atoms with Gasteiger partial charge in [-0.15, -0.1) is 0 Å². The largest absolute Gasteiger partial charge is 0.481 e. The minimum atomic E-state index is -1.74. The second-order valence-corrected chi connectivity index (χ2v) is 31.0. The van der Waals surface area contributed by atoms with Gasteiger partial charge in [0.2, 0.25) is 82.7 Å². The van der Waals surface area contributed by atoms with Crippen LogP contribution in [0.25, 0.3) is 10.9 Å². The molecule has 43 heteroatoms. The number of carboxylic acids is 3. The molecule has 3 aliphatic rings. The zero-order chi connectivity index (χ0) is 89.9. The Hall–Kier alpha value is -13.4. The molecule has 43 nitrogen and oxygen atoms in total. The predicted molar refractivity (Wildman–Crippen MR) is 443 cm³/mol. The maximum atomic E-state index is 15.7. The second-order valence-electron chi connectivity index (χ2n) is 31.0. The standard InChI is InChI=1S/C81H113N23O20/c1-3-4-19-53(69(82)113)93-70(114)54(21-10-11-32-102(42-67(109)110)43-68(111)112)94-73(117)57(27-29-66(107)108)96-76(120)62(38-50-41-86-45-91-50)101-78(122)63-24-14-33-103(63)80(124)64-25-15-34-104(64)79(123)58-23-13-30-87-65(106)28-26-56(92-46(2)105)72(116)100-61(37-49-40-85-44-90-49)77(121)98-59(35-47-16-6-5-7-17-47)74(118)95-55(22-12-31-88-81(83)84)71(115)99-60(75(119)97-58)36-48-39-89-52-20-9-8-18-51(48)52/h5-9,16-18,20,39-41,44-45,53-64,89H,3-4,10-15,19,21-38,42-43H2,1-2H3,(H2,82,113)(H,85,90)(H,86,91)(H,87,106)(H,92,105)(H,93,114)(H,94,117)(H,95,118)(H,96,120)(H,97,119)(H,98,121)(H,99,115)(H,100,116)(H,101,122)(H,107,108)(H,109,110)(H,111,112)(H4,83,84,88). The van der Waals surface area contributed by atoms with Crippen LogP contribution in [-0.4, -0.2) is 280 Å². The fourth-order valence-electron chi connectivity index (χ4n) is 15.1. The molecule has 3 aromatic heterocycles. The number of nitrogens with one attached hydrogen (secondary N) is 16. The number of rotatable bonds is 39. The Morgan fingerprint density at radius 2 is 1.15 bits per heavy atom.